The number of carbonyl (C=O) groups is 1. The third-order valence-electron chi connectivity index (χ3n) is 4.02. The van der Waals surface area contributed by atoms with Crippen molar-refractivity contribution in [3.8, 4) is 0 Å². The summed E-state index contributed by atoms with van der Waals surface area (Å²) in [5, 5.41) is 5.06. The highest BCUT2D eigenvalue weighted by Gasteiger charge is 2.24. The second kappa shape index (κ2) is 4.99. The van der Waals surface area contributed by atoms with Gasteiger partial charge in [0.2, 0.25) is 0 Å². The molecule has 0 fully saturated rings. The van der Waals surface area contributed by atoms with Gasteiger partial charge in [0.25, 0.3) is 5.91 Å². The van der Waals surface area contributed by atoms with E-state index < -0.39 is 5.82 Å². The van der Waals surface area contributed by atoms with Crippen LogP contribution in [0.5, 0.6) is 0 Å². The zero-order chi connectivity index (χ0) is 16.1. The molecule has 0 radical (unpaired) electrons. The lowest BCUT2D eigenvalue weighted by Gasteiger charge is -2.27. The van der Waals surface area contributed by atoms with E-state index in [2.05, 4.69) is 10.1 Å². The molecule has 0 saturated heterocycles. The van der Waals surface area contributed by atoms with Crippen LogP contribution in [0, 0.1) is 5.82 Å². The first-order valence-electron chi connectivity index (χ1n) is 7.11. The molecule has 3 heterocycles. The van der Waals surface area contributed by atoms with Crippen molar-refractivity contribution < 1.29 is 9.18 Å². The summed E-state index contributed by atoms with van der Waals surface area (Å²) in [7, 11) is 0. The molecular formula is C15H13ClFN5O. The van der Waals surface area contributed by atoms with Gasteiger partial charge in [0.15, 0.2) is 0 Å². The molecule has 3 N–H and O–H groups in total. The lowest BCUT2D eigenvalue weighted by atomic mass is 10.2. The smallest absolute Gasteiger partial charge is 0.270 e. The number of aromatic nitrogens is 3. The fourth-order valence-electron chi connectivity index (χ4n) is 2.90. The van der Waals surface area contributed by atoms with Gasteiger partial charge in [-0.3, -0.25) is 9.48 Å². The van der Waals surface area contributed by atoms with Crippen LogP contribution in [0.15, 0.2) is 24.3 Å². The zero-order valence-electron chi connectivity index (χ0n) is 12.0. The third kappa shape index (κ3) is 2.24. The predicted octanol–water partition coefficient (Wildman–Crippen LogP) is 2.40. The maximum Gasteiger partial charge on any atom is 0.270 e. The number of nitrogen functional groups attached to an aromatic ring is 1. The molecule has 23 heavy (non-hydrogen) atoms. The number of anilines is 1. The summed E-state index contributed by atoms with van der Waals surface area (Å²) in [6, 6.07) is 6.09. The first-order chi connectivity index (χ1) is 11.0. The van der Waals surface area contributed by atoms with E-state index in [0.29, 0.717) is 41.6 Å². The first-order valence-corrected chi connectivity index (χ1v) is 7.49. The highest BCUT2D eigenvalue weighted by molar-refractivity contribution is 6.35. The Balaban J connectivity index is 1.67. The highest BCUT2D eigenvalue weighted by Crippen LogP contribution is 2.27. The van der Waals surface area contributed by atoms with Crippen molar-refractivity contribution in [2.24, 2.45) is 0 Å². The lowest BCUT2D eigenvalue weighted by Crippen LogP contribution is -2.38. The van der Waals surface area contributed by atoms with Gasteiger partial charge in [-0.25, -0.2) is 4.39 Å². The number of benzene rings is 1. The Morgan fingerprint density at radius 3 is 2.96 bits per heavy atom. The van der Waals surface area contributed by atoms with Crippen molar-refractivity contribution in [2.45, 2.75) is 13.1 Å². The minimum atomic E-state index is -0.437. The van der Waals surface area contributed by atoms with Crippen LogP contribution in [-0.2, 0) is 13.1 Å². The molecule has 6 nitrogen and oxygen atoms in total. The van der Waals surface area contributed by atoms with Crippen LogP contribution in [0.4, 0.5) is 10.2 Å². The van der Waals surface area contributed by atoms with Gasteiger partial charge in [-0.1, -0.05) is 11.6 Å². The fraction of sp³-hybridized carbons (Fsp3) is 0.200. The zero-order valence-corrected chi connectivity index (χ0v) is 12.8. The van der Waals surface area contributed by atoms with Crippen LogP contribution in [0.2, 0.25) is 5.02 Å². The minimum Gasteiger partial charge on any atom is -0.382 e. The van der Waals surface area contributed by atoms with E-state index >= 15 is 0 Å². The molecule has 0 atom stereocenters. The van der Waals surface area contributed by atoms with Crippen LogP contribution in [0.25, 0.3) is 10.9 Å². The van der Waals surface area contributed by atoms with Crippen LogP contribution in [-0.4, -0.2) is 32.1 Å². The standard InChI is InChI=1S/C15H13ClFN5O/c16-10-1-2-11(17)14-9(10)6-12(19-14)15(23)21-3-4-22-8(7-21)5-13(18)20-22/h1-2,5-6,19H,3-4,7H2,(H2,18,20). The van der Waals surface area contributed by atoms with Gasteiger partial charge in [0.1, 0.15) is 17.3 Å². The van der Waals surface area contributed by atoms with E-state index in [9.17, 15) is 9.18 Å². The SMILES string of the molecule is Nc1cc2n(n1)CCN(C(=O)c1cc3c(Cl)ccc(F)c3[nH]1)C2. The summed E-state index contributed by atoms with van der Waals surface area (Å²) in [4.78, 5) is 17.2. The molecule has 4 rings (SSSR count). The van der Waals surface area contributed by atoms with Gasteiger partial charge in [-0.2, -0.15) is 5.10 Å². The second-order valence-corrected chi connectivity index (χ2v) is 5.92. The van der Waals surface area contributed by atoms with Crippen LogP contribution >= 0.6 is 11.6 Å². The largest absolute Gasteiger partial charge is 0.382 e. The number of fused-ring (bicyclic) bond motifs is 2. The fourth-order valence-corrected chi connectivity index (χ4v) is 3.11. The van der Waals surface area contributed by atoms with Gasteiger partial charge in [-0.05, 0) is 18.2 Å². The van der Waals surface area contributed by atoms with E-state index in [0.717, 1.165) is 5.69 Å². The van der Waals surface area contributed by atoms with Gasteiger partial charge in [0.05, 0.1) is 29.3 Å². The Morgan fingerprint density at radius 2 is 2.17 bits per heavy atom. The van der Waals surface area contributed by atoms with E-state index in [4.69, 9.17) is 17.3 Å². The molecule has 0 saturated carbocycles. The topological polar surface area (TPSA) is 79.9 Å². The Kier molecular flexibility index (Phi) is 3.05. The monoisotopic (exact) mass is 333 g/mol. The maximum atomic E-state index is 13.8. The molecule has 1 aliphatic rings. The first kappa shape index (κ1) is 14.1. The minimum absolute atomic E-state index is 0.206. The quantitative estimate of drug-likeness (QED) is 0.717. The number of nitrogens with zero attached hydrogens (tertiary/aromatic N) is 3. The Labute approximate surface area is 135 Å². The number of rotatable bonds is 1. The molecule has 0 unspecified atom stereocenters. The molecule has 1 amide bonds. The van der Waals surface area contributed by atoms with E-state index in [1.807, 2.05) is 0 Å². The number of nitrogens with two attached hydrogens (primary N) is 1. The van der Waals surface area contributed by atoms with Gasteiger partial charge >= 0.3 is 0 Å². The van der Waals surface area contributed by atoms with E-state index in [1.165, 1.54) is 12.1 Å². The molecular weight excluding hydrogens is 321 g/mol. The number of aromatic amines is 1. The average Bonchev–Trinajstić information content (AvgIpc) is 3.13. The summed E-state index contributed by atoms with van der Waals surface area (Å²) in [5.41, 5.74) is 7.11. The molecule has 118 valence electrons. The summed E-state index contributed by atoms with van der Waals surface area (Å²) in [5.74, 6) is -0.204. The van der Waals surface area contributed by atoms with Crippen molar-refractivity contribution in [3.63, 3.8) is 0 Å². The molecule has 1 aliphatic heterocycles. The predicted molar refractivity (Wildman–Crippen MR) is 84.6 cm³/mol. The molecule has 1 aromatic carbocycles. The highest BCUT2D eigenvalue weighted by atomic mass is 35.5. The molecule has 8 heteroatoms. The van der Waals surface area contributed by atoms with Crippen molar-refractivity contribution in [2.75, 3.05) is 12.3 Å². The third-order valence-corrected chi connectivity index (χ3v) is 4.35. The van der Waals surface area contributed by atoms with Gasteiger partial charge < -0.3 is 15.6 Å². The number of carbonyl (C=O) groups excluding carboxylic acids is 1. The summed E-state index contributed by atoms with van der Waals surface area (Å²) in [6.07, 6.45) is 0. The normalized spacial score (nSPS) is 14.3. The van der Waals surface area contributed by atoms with Gasteiger partial charge in [-0.15, -0.1) is 0 Å². The number of hydrogen-bond acceptors (Lipinski definition) is 3. The summed E-state index contributed by atoms with van der Waals surface area (Å²) < 4.78 is 15.6. The number of halogens is 2. The summed E-state index contributed by atoms with van der Waals surface area (Å²) >= 11 is 6.07. The number of amides is 1. The molecule has 0 bridgehead atoms. The lowest BCUT2D eigenvalue weighted by molar-refractivity contribution is 0.0701. The van der Waals surface area contributed by atoms with Crippen LogP contribution in [0.1, 0.15) is 16.2 Å². The average molecular weight is 334 g/mol. The number of H-pyrrole nitrogens is 1. The van der Waals surface area contributed by atoms with E-state index in [1.54, 1.807) is 21.7 Å². The molecule has 0 spiro atoms. The molecule has 2 aromatic heterocycles. The maximum absolute atomic E-state index is 13.8. The van der Waals surface area contributed by atoms with Crippen molar-refractivity contribution in [1.29, 1.82) is 0 Å². The van der Waals surface area contributed by atoms with Gasteiger partial charge in [0, 0.05) is 18.0 Å². The van der Waals surface area contributed by atoms with Crippen molar-refractivity contribution >= 4 is 34.2 Å². The van der Waals surface area contributed by atoms with Crippen molar-refractivity contribution in [1.82, 2.24) is 19.7 Å². The number of nitrogens with one attached hydrogen (secondary N) is 1. The molecule has 0 aliphatic carbocycles. The Hall–Kier alpha value is -2.54. The number of hydrogen-bond donors (Lipinski definition) is 2. The van der Waals surface area contributed by atoms with Crippen molar-refractivity contribution in [3.05, 3.63) is 46.5 Å². The summed E-state index contributed by atoms with van der Waals surface area (Å²) in [6.45, 7) is 1.50. The Bertz CT molecular complexity index is 892. The van der Waals surface area contributed by atoms with Crippen LogP contribution < -0.4 is 5.73 Å². The van der Waals surface area contributed by atoms with Crippen LogP contribution in [0.3, 0.4) is 0 Å². The van der Waals surface area contributed by atoms with E-state index in [-0.39, 0.29) is 11.4 Å². The molecule has 3 aromatic rings. The second-order valence-electron chi connectivity index (χ2n) is 5.51. The Morgan fingerprint density at radius 1 is 1.35 bits per heavy atom.